The quantitative estimate of drug-likeness (QED) is 0.806. The minimum absolute atomic E-state index is 0.00510. The molecule has 1 atom stereocenters. The summed E-state index contributed by atoms with van der Waals surface area (Å²) in [6, 6.07) is 13.1. The van der Waals surface area contributed by atoms with Crippen LogP contribution in [0.4, 0.5) is 5.69 Å². The molecular formula is C18H16N2O5S. The molecular weight excluding hydrogens is 356 g/mol. The maximum atomic E-state index is 12.9. The van der Waals surface area contributed by atoms with Crippen molar-refractivity contribution in [1.29, 1.82) is 0 Å². The van der Waals surface area contributed by atoms with Gasteiger partial charge in [0.2, 0.25) is 10.0 Å². The topological polar surface area (TPSA) is 92.8 Å². The van der Waals surface area contributed by atoms with Gasteiger partial charge in [-0.2, -0.15) is 4.31 Å². The van der Waals surface area contributed by atoms with Crippen LogP contribution in [0.15, 0.2) is 53.4 Å². The van der Waals surface area contributed by atoms with Gasteiger partial charge in [-0.15, -0.1) is 0 Å². The molecule has 7 nitrogen and oxygen atoms in total. The molecule has 2 aromatic rings. The van der Waals surface area contributed by atoms with E-state index in [0.717, 1.165) is 0 Å². The summed E-state index contributed by atoms with van der Waals surface area (Å²) in [6.45, 7) is 0.653. The molecule has 134 valence electrons. The van der Waals surface area contributed by atoms with Crippen molar-refractivity contribution < 1.29 is 22.7 Å². The number of rotatable bonds is 5. The van der Waals surface area contributed by atoms with Crippen LogP contribution in [0.2, 0.25) is 0 Å². The van der Waals surface area contributed by atoms with Crippen molar-refractivity contribution in [1.82, 2.24) is 4.31 Å². The number of para-hydroxylation sites is 1. The molecule has 1 saturated heterocycles. The zero-order valence-electron chi connectivity index (χ0n) is 13.7. The summed E-state index contributed by atoms with van der Waals surface area (Å²) in [7, 11) is -3.76. The molecule has 2 aromatic carbocycles. The molecule has 0 radical (unpaired) electrons. The Labute approximate surface area is 150 Å². The minimum atomic E-state index is -3.76. The number of amides is 1. The fourth-order valence-electron chi connectivity index (χ4n) is 3.03. The molecule has 2 heterocycles. The first-order valence-electron chi connectivity index (χ1n) is 8.16. The molecule has 0 bridgehead atoms. The number of Topliss-reactive ketones (excluding diaryl/α,β-unsaturated/α-hetero) is 1. The van der Waals surface area contributed by atoms with Crippen molar-refractivity contribution in [3.8, 4) is 5.75 Å². The van der Waals surface area contributed by atoms with E-state index in [1.54, 1.807) is 0 Å². The van der Waals surface area contributed by atoms with Gasteiger partial charge in [0.05, 0.1) is 22.2 Å². The van der Waals surface area contributed by atoms with E-state index in [1.807, 2.05) is 30.3 Å². The van der Waals surface area contributed by atoms with E-state index >= 15 is 0 Å². The van der Waals surface area contributed by atoms with E-state index < -0.39 is 21.7 Å². The number of ketones is 1. The highest BCUT2D eigenvalue weighted by atomic mass is 32.2. The summed E-state index contributed by atoms with van der Waals surface area (Å²) in [6.07, 6.45) is 0.704. The molecule has 1 N–H and O–H groups in total. The zero-order valence-corrected chi connectivity index (χ0v) is 14.5. The smallest absolute Gasteiger partial charge is 0.296 e. The van der Waals surface area contributed by atoms with E-state index in [0.29, 0.717) is 24.4 Å². The lowest BCUT2D eigenvalue weighted by atomic mass is 10.1. The first-order chi connectivity index (χ1) is 12.5. The van der Waals surface area contributed by atoms with Crippen LogP contribution in [0.3, 0.4) is 0 Å². The summed E-state index contributed by atoms with van der Waals surface area (Å²) >= 11 is 0. The van der Waals surface area contributed by atoms with Crippen LogP contribution in [-0.4, -0.2) is 43.6 Å². The number of nitrogens with zero attached hydrogens (tertiary/aromatic N) is 1. The van der Waals surface area contributed by atoms with Gasteiger partial charge in [-0.1, -0.05) is 18.2 Å². The van der Waals surface area contributed by atoms with Gasteiger partial charge in [-0.25, -0.2) is 8.42 Å². The monoisotopic (exact) mass is 372 g/mol. The predicted molar refractivity (Wildman–Crippen MR) is 93.6 cm³/mol. The van der Waals surface area contributed by atoms with Crippen LogP contribution in [0.1, 0.15) is 16.8 Å². The average molecular weight is 372 g/mol. The first-order valence-corrected chi connectivity index (χ1v) is 9.60. The van der Waals surface area contributed by atoms with Crippen molar-refractivity contribution in [2.24, 2.45) is 0 Å². The van der Waals surface area contributed by atoms with Gasteiger partial charge in [-0.05, 0) is 36.8 Å². The van der Waals surface area contributed by atoms with Gasteiger partial charge in [-0.3, -0.25) is 9.59 Å². The summed E-state index contributed by atoms with van der Waals surface area (Å²) in [5, 5.41) is 2.41. The fourth-order valence-corrected chi connectivity index (χ4v) is 4.71. The lowest BCUT2D eigenvalue weighted by Crippen LogP contribution is -2.53. The van der Waals surface area contributed by atoms with Crippen molar-refractivity contribution >= 4 is 27.4 Å². The second-order valence-corrected chi connectivity index (χ2v) is 8.06. The Bertz CT molecular complexity index is 988. The number of hydrogen-bond acceptors (Lipinski definition) is 5. The zero-order chi connectivity index (χ0) is 18.3. The number of fused-ring (bicyclic) bond motifs is 1. The van der Waals surface area contributed by atoms with Gasteiger partial charge in [0.25, 0.3) is 11.7 Å². The number of carbonyl (C=O) groups excluding carboxylic acids is 2. The SMILES string of the molecule is O=C1Nc2ccc(S(=O)(=O)N3CCC3COc3ccccc3)cc2C1=O. The Morgan fingerprint density at radius 2 is 1.88 bits per heavy atom. The highest BCUT2D eigenvalue weighted by Gasteiger charge is 2.40. The number of hydrogen-bond donors (Lipinski definition) is 1. The lowest BCUT2D eigenvalue weighted by molar-refractivity contribution is -0.112. The van der Waals surface area contributed by atoms with Crippen LogP contribution in [-0.2, 0) is 14.8 Å². The predicted octanol–water partition coefficient (Wildman–Crippen LogP) is 1.66. The first kappa shape index (κ1) is 16.7. The van der Waals surface area contributed by atoms with Crippen LogP contribution in [0.25, 0.3) is 0 Å². The van der Waals surface area contributed by atoms with Crippen molar-refractivity contribution in [2.45, 2.75) is 17.4 Å². The second-order valence-electron chi connectivity index (χ2n) is 6.17. The van der Waals surface area contributed by atoms with Gasteiger partial charge in [0.1, 0.15) is 12.4 Å². The molecule has 0 aliphatic carbocycles. The maximum absolute atomic E-state index is 12.9. The highest BCUT2D eigenvalue weighted by Crippen LogP contribution is 2.31. The maximum Gasteiger partial charge on any atom is 0.296 e. The molecule has 2 aliphatic heterocycles. The van der Waals surface area contributed by atoms with E-state index in [-0.39, 0.29) is 23.1 Å². The Hall–Kier alpha value is -2.71. The Morgan fingerprint density at radius 3 is 2.58 bits per heavy atom. The third-order valence-electron chi connectivity index (χ3n) is 4.57. The van der Waals surface area contributed by atoms with E-state index in [4.69, 9.17) is 4.74 Å². The molecule has 8 heteroatoms. The van der Waals surface area contributed by atoms with Crippen LogP contribution < -0.4 is 10.1 Å². The average Bonchev–Trinajstić information content (AvgIpc) is 2.88. The van der Waals surface area contributed by atoms with Gasteiger partial charge < -0.3 is 10.1 Å². The number of benzene rings is 2. The summed E-state index contributed by atoms with van der Waals surface area (Å²) in [5.74, 6) is -0.776. The molecule has 2 aliphatic rings. The Kier molecular flexibility index (Phi) is 4.01. The third kappa shape index (κ3) is 2.77. The van der Waals surface area contributed by atoms with Crippen molar-refractivity contribution in [2.75, 3.05) is 18.5 Å². The number of carbonyl (C=O) groups is 2. The molecule has 0 aromatic heterocycles. The summed E-state index contributed by atoms with van der Waals surface area (Å²) in [4.78, 5) is 23.2. The number of nitrogens with one attached hydrogen (secondary N) is 1. The minimum Gasteiger partial charge on any atom is -0.492 e. The summed E-state index contributed by atoms with van der Waals surface area (Å²) in [5.41, 5.74) is 0.431. The van der Waals surface area contributed by atoms with Crippen LogP contribution in [0, 0.1) is 0 Å². The number of sulfonamides is 1. The highest BCUT2D eigenvalue weighted by molar-refractivity contribution is 7.89. The molecule has 26 heavy (non-hydrogen) atoms. The van der Waals surface area contributed by atoms with E-state index in [9.17, 15) is 18.0 Å². The molecule has 0 saturated carbocycles. The number of anilines is 1. The van der Waals surface area contributed by atoms with Gasteiger partial charge in [0, 0.05) is 6.54 Å². The third-order valence-corrected chi connectivity index (χ3v) is 6.52. The van der Waals surface area contributed by atoms with E-state index in [2.05, 4.69) is 5.32 Å². The second kappa shape index (κ2) is 6.22. The van der Waals surface area contributed by atoms with E-state index in [1.165, 1.54) is 22.5 Å². The van der Waals surface area contributed by atoms with Gasteiger partial charge in [0.15, 0.2) is 0 Å². The lowest BCUT2D eigenvalue weighted by Gasteiger charge is -2.39. The normalized spacial score (nSPS) is 19.6. The molecule has 1 fully saturated rings. The van der Waals surface area contributed by atoms with Crippen LogP contribution >= 0.6 is 0 Å². The van der Waals surface area contributed by atoms with Crippen LogP contribution in [0.5, 0.6) is 5.75 Å². The summed E-state index contributed by atoms with van der Waals surface area (Å²) < 4.78 is 32.8. The fraction of sp³-hybridized carbons (Fsp3) is 0.222. The standard InChI is InChI=1S/C18H16N2O5S/c21-17-15-10-14(6-7-16(15)19-18(17)22)26(23,24)20-9-8-12(20)11-25-13-4-2-1-3-5-13/h1-7,10,12H,8-9,11H2,(H,19,21,22). The molecule has 1 unspecified atom stereocenters. The molecule has 4 rings (SSSR count). The molecule has 1 amide bonds. The molecule has 0 spiro atoms. The largest absolute Gasteiger partial charge is 0.492 e. The number of ether oxygens (including phenoxy) is 1. The van der Waals surface area contributed by atoms with Gasteiger partial charge >= 0.3 is 0 Å². The van der Waals surface area contributed by atoms with Crippen molar-refractivity contribution in [3.05, 3.63) is 54.1 Å². The Morgan fingerprint density at radius 1 is 1.12 bits per heavy atom. The Balaban J connectivity index is 1.52. The van der Waals surface area contributed by atoms with Crippen molar-refractivity contribution in [3.63, 3.8) is 0 Å².